The lowest BCUT2D eigenvalue weighted by Crippen LogP contribution is -2.21. The lowest BCUT2D eigenvalue weighted by atomic mass is 9.95. The van der Waals surface area contributed by atoms with Gasteiger partial charge in [-0.15, -0.1) is 0 Å². The first kappa shape index (κ1) is 12.3. The third-order valence-corrected chi connectivity index (χ3v) is 2.75. The first-order valence-corrected chi connectivity index (χ1v) is 4.99. The molecule has 0 bridgehead atoms. The Morgan fingerprint density at radius 3 is 2.47 bits per heavy atom. The molecule has 2 N–H and O–H groups in total. The van der Waals surface area contributed by atoms with Crippen molar-refractivity contribution in [3.05, 3.63) is 33.8 Å². The van der Waals surface area contributed by atoms with Gasteiger partial charge in [-0.3, -0.25) is 0 Å². The van der Waals surface area contributed by atoms with Crippen molar-refractivity contribution in [2.45, 2.75) is 12.0 Å². The Balaban J connectivity index is 3.04. The highest BCUT2D eigenvalue weighted by Crippen LogP contribution is 2.27. The lowest BCUT2D eigenvalue weighted by molar-refractivity contribution is 0.0857. The molecule has 2 atom stereocenters. The fourth-order valence-corrected chi connectivity index (χ4v) is 1.50. The molecule has 0 radical (unpaired) electrons. The minimum Gasteiger partial charge on any atom is -0.394 e. The maximum atomic E-state index is 9.38. The van der Waals surface area contributed by atoms with Gasteiger partial charge in [-0.2, -0.15) is 5.26 Å². The second kappa shape index (κ2) is 5.34. The van der Waals surface area contributed by atoms with Crippen molar-refractivity contribution in [2.75, 3.05) is 6.61 Å². The summed E-state index contributed by atoms with van der Waals surface area (Å²) in [7, 11) is 0. The molecule has 0 aliphatic rings. The minimum absolute atomic E-state index is 0.319. The van der Waals surface area contributed by atoms with Crippen molar-refractivity contribution in [3.63, 3.8) is 0 Å². The molecule has 1 aromatic carbocycles. The first-order chi connectivity index (χ1) is 7.10. The maximum absolute atomic E-state index is 9.38. The average Bonchev–Trinajstić information content (AvgIpc) is 2.24. The van der Waals surface area contributed by atoms with Crippen LogP contribution in [0, 0.1) is 11.3 Å². The van der Waals surface area contributed by atoms with Gasteiger partial charge < -0.3 is 10.2 Å². The molecule has 0 heterocycles. The van der Waals surface area contributed by atoms with Crippen molar-refractivity contribution in [2.24, 2.45) is 0 Å². The van der Waals surface area contributed by atoms with E-state index in [1.165, 1.54) is 6.07 Å². The van der Waals surface area contributed by atoms with Crippen LogP contribution < -0.4 is 0 Å². The monoisotopic (exact) mass is 245 g/mol. The highest BCUT2D eigenvalue weighted by molar-refractivity contribution is 6.42. The molecule has 0 spiro atoms. The zero-order valence-corrected chi connectivity index (χ0v) is 9.20. The van der Waals surface area contributed by atoms with Crippen molar-refractivity contribution >= 4 is 23.2 Å². The number of rotatable bonds is 3. The molecule has 0 aliphatic heterocycles. The summed E-state index contributed by atoms with van der Waals surface area (Å²) in [5.41, 5.74) is 0.536. The summed E-state index contributed by atoms with van der Waals surface area (Å²) in [6.45, 7) is -0.474. The van der Waals surface area contributed by atoms with E-state index in [0.29, 0.717) is 15.6 Å². The van der Waals surface area contributed by atoms with Gasteiger partial charge in [-0.05, 0) is 17.7 Å². The topological polar surface area (TPSA) is 64.2 Å². The number of aliphatic hydroxyl groups is 2. The third-order valence-electron chi connectivity index (χ3n) is 2.01. The standard InChI is InChI=1S/C10H9Cl2NO2/c11-8-2-1-6(3-9(8)12)7(4-13)10(15)5-14/h1-3,7,10,14-15H,5H2. The van der Waals surface area contributed by atoms with Gasteiger partial charge in [-0.25, -0.2) is 0 Å². The number of nitriles is 1. The fraction of sp³-hybridized carbons (Fsp3) is 0.300. The van der Waals surface area contributed by atoms with Crippen LogP contribution >= 0.6 is 23.2 Å². The first-order valence-electron chi connectivity index (χ1n) is 4.23. The molecule has 3 nitrogen and oxygen atoms in total. The summed E-state index contributed by atoms with van der Waals surface area (Å²) >= 11 is 11.5. The van der Waals surface area contributed by atoms with Gasteiger partial charge in [-0.1, -0.05) is 29.3 Å². The van der Waals surface area contributed by atoms with Crippen molar-refractivity contribution in [3.8, 4) is 6.07 Å². The number of benzene rings is 1. The van der Waals surface area contributed by atoms with Crippen molar-refractivity contribution in [1.82, 2.24) is 0 Å². The molecule has 1 aromatic rings. The Bertz CT molecular complexity index is 389. The van der Waals surface area contributed by atoms with Crippen LogP contribution in [0.2, 0.25) is 10.0 Å². The predicted octanol–water partition coefficient (Wildman–Crippen LogP) is 1.95. The Morgan fingerprint density at radius 1 is 1.33 bits per heavy atom. The van der Waals surface area contributed by atoms with Crippen LogP contribution in [0.25, 0.3) is 0 Å². The molecule has 0 amide bonds. The van der Waals surface area contributed by atoms with Crippen LogP contribution in [0.4, 0.5) is 0 Å². The molecular formula is C10H9Cl2NO2. The SMILES string of the molecule is N#CC(c1ccc(Cl)c(Cl)c1)C(O)CO. The van der Waals surface area contributed by atoms with Crippen LogP contribution in [0.3, 0.4) is 0 Å². The average molecular weight is 246 g/mol. The summed E-state index contributed by atoms with van der Waals surface area (Å²) in [5, 5.41) is 27.7. The van der Waals surface area contributed by atoms with Gasteiger partial charge >= 0.3 is 0 Å². The predicted molar refractivity (Wildman–Crippen MR) is 57.9 cm³/mol. The normalized spacial score (nSPS) is 14.3. The van der Waals surface area contributed by atoms with E-state index in [0.717, 1.165) is 0 Å². The van der Waals surface area contributed by atoms with E-state index in [2.05, 4.69) is 0 Å². The number of nitrogens with zero attached hydrogens (tertiary/aromatic N) is 1. The van der Waals surface area contributed by atoms with E-state index in [1.807, 2.05) is 6.07 Å². The maximum Gasteiger partial charge on any atom is 0.0994 e. The van der Waals surface area contributed by atoms with E-state index < -0.39 is 18.6 Å². The molecule has 1 rings (SSSR count). The van der Waals surface area contributed by atoms with Gasteiger partial charge in [0.05, 0.1) is 34.7 Å². The molecule has 5 heteroatoms. The van der Waals surface area contributed by atoms with E-state index in [-0.39, 0.29) is 0 Å². The number of halogens is 2. The van der Waals surface area contributed by atoms with Crippen LogP contribution in [0.15, 0.2) is 18.2 Å². The molecule has 0 fully saturated rings. The van der Waals surface area contributed by atoms with Gasteiger partial charge in [0.1, 0.15) is 0 Å². The molecule has 0 saturated heterocycles. The van der Waals surface area contributed by atoms with Gasteiger partial charge in [0.2, 0.25) is 0 Å². The van der Waals surface area contributed by atoms with Gasteiger partial charge in [0, 0.05) is 0 Å². The highest BCUT2D eigenvalue weighted by Gasteiger charge is 2.20. The summed E-state index contributed by atoms with van der Waals surface area (Å²) in [5.74, 6) is -0.801. The molecular weight excluding hydrogens is 237 g/mol. The van der Waals surface area contributed by atoms with Crippen LogP contribution in [-0.2, 0) is 0 Å². The molecule has 0 saturated carbocycles. The quantitative estimate of drug-likeness (QED) is 0.856. The lowest BCUT2D eigenvalue weighted by Gasteiger charge is -2.14. The fourth-order valence-electron chi connectivity index (χ4n) is 1.19. The van der Waals surface area contributed by atoms with E-state index in [9.17, 15) is 5.11 Å². The Morgan fingerprint density at radius 2 is 2.00 bits per heavy atom. The summed E-state index contributed by atoms with van der Waals surface area (Å²) in [4.78, 5) is 0. The van der Waals surface area contributed by atoms with E-state index >= 15 is 0 Å². The summed E-state index contributed by atoms with van der Waals surface area (Å²) in [6.07, 6.45) is -1.12. The van der Waals surface area contributed by atoms with Crippen molar-refractivity contribution < 1.29 is 10.2 Å². The molecule has 0 aromatic heterocycles. The number of aliphatic hydroxyl groups excluding tert-OH is 2. The third kappa shape index (κ3) is 2.83. The molecule has 0 aliphatic carbocycles. The Labute approximate surface area is 97.5 Å². The molecule has 80 valence electrons. The van der Waals surface area contributed by atoms with Crippen LogP contribution in [0.1, 0.15) is 11.5 Å². The van der Waals surface area contributed by atoms with E-state index in [4.69, 9.17) is 33.6 Å². The number of hydrogen-bond acceptors (Lipinski definition) is 3. The van der Waals surface area contributed by atoms with Crippen LogP contribution in [-0.4, -0.2) is 22.9 Å². The van der Waals surface area contributed by atoms with Gasteiger partial charge in [0.15, 0.2) is 0 Å². The largest absolute Gasteiger partial charge is 0.394 e. The second-order valence-electron chi connectivity index (χ2n) is 3.03. The summed E-state index contributed by atoms with van der Waals surface area (Å²) < 4.78 is 0. The molecule has 15 heavy (non-hydrogen) atoms. The number of hydrogen-bond donors (Lipinski definition) is 2. The Kier molecular flexibility index (Phi) is 4.37. The zero-order valence-electron chi connectivity index (χ0n) is 7.69. The van der Waals surface area contributed by atoms with Gasteiger partial charge in [0.25, 0.3) is 0 Å². The molecule has 2 unspecified atom stereocenters. The van der Waals surface area contributed by atoms with Crippen molar-refractivity contribution in [1.29, 1.82) is 5.26 Å². The second-order valence-corrected chi connectivity index (χ2v) is 3.84. The highest BCUT2D eigenvalue weighted by atomic mass is 35.5. The van der Waals surface area contributed by atoms with E-state index in [1.54, 1.807) is 12.1 Å². The Hall–Kier alpha value is -0.790. The summed E-state index contributed by atoms with van der Waals surface area (Å²) in [6, 6.07) is 6.56. The zero-order chi connectivity index (χ0) is 11.4. The smallest absolute Gasteiger partial charge is 0.0994 e. The minimum atomic E-state index is -1.12. The van der Waals surface area contributed by atoms with Crippen LogP contribution in [0.5, 0.6) is 0 Å².